The summed E-state index contributed by atoms with van der Waals surface area (Å²) in [4.78, 5) is 13.7. The Balaban J connectivity index is 1.78. The molecule has 4 heteroatoms. The maximum Gasteiger partial charge on any atom is 0.267 e. The predicted octanol–water partition coefficient (Wildman–Crippen LogP) is 5.77. The van der Waals surface area contributed by atoms with Gasteiger partial charge in [-0.1, -0.05) is 48.5 Å². The Morgan fingerprint density at radius 3 is 2.35 bits per heavy atom. The monoisotopic (exact) mass is 358 g/mol. The maximum absolute atomic E-state index is 13.0. The van der Waals surface area contributed by atoms with Gasteiger partial charge in [-0.3, -0.25) is 4.79 Å². The number of amides is 1. The Bertz CT molecular complexity index is 1030. The van der Waals surface area contributed by atoms with Crippen molar-refractivity contribution in [3.8, 4) is 16.8 Å². The van der Waals surface area contributed by atoms with Crippen LogP contribution in [-0.2, 0) is 0 Å². The van der Waals surface area contributed by atoms with Crippen LogP contribution >= 0.6 is 11.3 Å². The van der Waals surface area contributed by atoms with Gasteiger partial charge in [-0.05, 0) is 36.2 Å². The molecule has 0 saturated carbocycles. The van der Waals surface area contributed by atoms with E-state index in [4.69, 9.17) is 0 Å². The van der Waals surface area contributed by atoms with Crippen molar-refractivity contribution in [2.45, 2.75) is 6.92 Å². The van der Waals surface area contributed by atoms with Gasteiger partial charge in [0.2, 0.25) is 0 Å². The van der Waals surface area contributed by atoms with Gasteiger partial charge in [0, 0.05) is 29.0 Å². The van der Waals surface area contributed by atoms with Crippen LogP contribution in [0.15, 0.2) is 84.5 Å². The number of carbonyl (C=O) groups is 1. The highest BCUT2D eigenvalue weighted by Crippen LogP contribution is 2.35. The van der Waals surface area contributed by atoms with Gasteiger partial charge in [0.05, 0.1) is 5.69 Å². The first kappa shape index (κ1) is 16.4. The van der Waals surface area contributed by atoms with Crippen molar-refractivity contribution in [3.63, 3.8) is 0 Å². The van der Waals surface area contributed by atoms with E-state index in [1.165, 1.54) is 11.3 Å². The molecule has 0 aliphatic carbocycles. The van der Waals surface area contributed by atoms with Gasteiger partial charge >= 0.3 is 0 Å². The van der Waals surface area contributed by atoms with Gasteiger partial charge in [-0.2, -0.15) is 0 Å². The number of anilines is 1. The Hall–Kier alpha value is -3.11. The molecule has 4 rings (SSSR count). The van der Waals surface area contributed by atoms with Crippen LogP contribution in [0.5, 0.6) is 0 Å². The molecule has 4 aromatic rings. The zero-order valence-electron chi connectivity index (χ0n) is 14.3. The molecule has 0 radical (unpaired) electrons. The highest BCUT2D eigenvalue weighted by molar-refractivity contribution is 7.13. The Labute approximate surface area is 156 Å². The fraction of sp³-hybridized carbons (Fsp3) is 0.0455. The number of hydrogen-bond acceptors (Lipinski definition) is 2. The zero-order valence-corrected chi connectivity index (χ0v) is 15.2. The van der Waals surface area contributed by atoms with E-state index < -0.39 is 0 Å². The van der Waals surface area contributed by atoms with Crippen LogP contribution < -0.4 is 5.32 Å². The first-order valence-corrected chi connectivity index (χ1v) is 9.29. The molecule has 0 unspecified atom stereocenters. The molecular weight excluding hydrogens is 340 g/mol. The lowest BCUT2D eigenvalue weighted by atomic mass is 10.1. The van der Waals surface area contributed by atoms with E-state index in [1.807, 2.05) is 78.5 Å². The number of benzene rings is 2. The summed E-state index contributed by atoms with van der Waals surface area (Å²) in [5.74, 6) is -0.0878. The fourth-order valence-electron chi connectivity index (χ4n) is 2.97. The Morgan fingerprint density at radius 2 is 1.62 bits per heavy atom. The summed E-state index contributed by atoms with van der Waals surface area (Å²) < 4.78 is 2.01. The van der Waals surface area contributed by atoms with Gasteiger partial charge in [-0.15, -0.1) is 11.3 Å². The van der Waals surface area contributed by atoms with Crippen molar-refractivity contribution in [3.05, 3.63) is 94.9 Å². The second-order valence-corrected chi connectivity index (χ2v) is 6.93. The second-order valence-electron chi connectivity index (χ2n) is 6.05. The first-order chi connectivity index (χ1) is 12.7. The fourth-order valence-corrected chi connectivity index (χ4v) is 3.94. The van der Waals surface area contributed by atoms with Crippen molar-refractivity contribution in [1.82, 2.24) is 4.57 Å². The molecule has 2 aromatic heterocycles. The summed E-state index contributed by atoms with van der Waals surface area (Å²) in [6.07, 6.45) is 3.94. The molecule has 26 heavy (non-hydrogen) atoms. The van der Waals surface area contributed by atoms with E-state index in [1.54, 1.807) is 0 Å². The summed E-state index contributed by atoms with van der Waals surface area (Å²) in [6.45, 7) is 1.99. The summed E-state index contributed by atoms with van der Waals surface area (Å²) in [5, 5.41) is 5.10. The lowest BCUT2D eigenvalue weighted by molar-refractivity contribution is 0.103. The Kier molecular flexibility index (Phi) is 4.42. The highest BCUT2D eigenvalue weighted by Gasteiger charge is 2.20. The average Bonchev–Trinajstić information content (AvgIpc) is 3.33. The second kappa shape index (κ2) is 7.02. The predicted molar refractivity (Wildman–Crippen MR) is 108 cm³/mol. The smallest absolute Gasteiger partial charge is 0.267 e. The minimum atomic E-state index is -0.0878. The third-order valence-corrected chi connectivity index (χ3v) is 5.28. The van der Waals surface area contributed by atoms with E-state index in [9.17, 15) is 4.79 Å². The molecule has 128 valence electrons. The van der Waals surface area contributed by atoms with E-state index >= 15 is 0 Å². The van der Waals surface area contributed by atoms with Crippen molar-refractivity contribution in [2.24, 2.45) is 0 Å². The number of hydrogen-bond donors (Lipinski definition) is 1. The molecule has 0 aliphatic rings. The number of nitrogens with zero attached hydrogens (tertiary/aromatic N) is 1. The summed E-state index contributed by atoms with van der Waals surface area (Å²) >= 11 is 1.47. The van der Waals surface area contributed by atoms with Crippen LogP contribution in [0.3, 0.4) is 0 Å². The van der Waals surface area contributed by atoms with Gasteiger partial charge in [-0.25, -0.2) is 0 Å². The van der Waals surface area contributed by atoms with Crippen molar-refractivity contribution < 1.29 is 4.79 Å². The van der Waals surface area contributed by atoms with Crippen LogP contribution in [0, 0.1) is 6.92 Å². The molecule has 1 amide bonds. The van der Waals surface area contributed by atoms with E-state index in [0.717, 1.165) is 28.1 Å². The molecule has 0 saturated heterocycles. The number of aryl methyl sites for hydroxylation is 1. The summed E-state index contributed by atoms with van der Waals surface area (Å²) in [5.41, 5.74) is 4.95. The number of para-hydroxylation sites is 1. The van der Waals surface area contributed by atoms with E-state index in [0.29, 0.717) is 4.88 Å². The van der Waals surface area contributed by atoms with Gasteiger partial charge < -0.3 is 9.88 Å². The lowest BCUT2D eigenvalue weighted by Gasteiger charge is -2.11. The molecule has 2 heterocycles. The molecule has 0 spiro atoms. The molecule has 0 aliphatic heterocycles. The minimum absolute atomic E-state index is 0.0878. The van der Waals surface area contributed by atoms with Gasteiger partial charge in [0.25, 0.3) is 5.91 Å². The number of nitrogens with one attached hydrogen (secondary N) is 1. The van der Waals surface area contributed by atoms with E-state index in [-0.39, 0.29) is 5.91 Å². The third-order valence-electron chi connectivity index (χ3n) is 4.31. The standard InChI is InChI=1S/C22H18N2OS/c1-16-9-5-6-12-19(16)23-22(25)21-20(24-13-7-8-14-24)18(15-26-21)17-10-3-2-4-11-17/h2-15H,1H3,(H,23,25). The highest BCUT2D eigenvalue weighted by atomic mass is 32.1. The van der Waals surface area contributed by atoms with Crippen molar-refractivity contribution in [2.75, 3.05) is 5.32 Å². The molecule has 0 bridgehead atoms. The average molecular weight is 358 g/mol. The molecule has 0 fully saturated rings. The van der Waals surface area contributed by atoms with Crippen molar-refractivity contribution >= 4 is 22.9 Å². The van der Waals surface area contributed by atoms with Crippen LogP contribution in [0.4, 0.5) is 5.69 Å². The van der Waals surface area contributed by atoms with Crippen LogP contribution in [-0.4, -0.2) is 10.5 Å². The zero-order chi connectivity index (χ0) is 17.9. The molecular formula is C22H18N2OS. The first-order valence-electron chi connectivity index (χ1n) is 8.41. The normalized spacial score (nSPS) is 10.7. The SMILES string of the molecule is Cc1ccccc1NC(=O)c1scc(-c2ccccc2)c1-n1cccc1. The van der Waals surface area contributed by atoms with Crippen LogP contribution in [0.1, 0.15) is 15.2 Å². The molecule has 2 aromatic carbocycles. The van der Waals surface area contributed by atoms with E-state index in [2.05, 4.69) is 22.8 Å². The number of rotatable bonds is 4. The topological polar surface area (TPSA) is 34.0 Å². The quantitative estimate of drug-likeness (QED) is 0.494. The van der Waals surface area contributed by atoms with Crippen molar-refractivity contribution in [1.29, 1.82) is 0 Å². The maximum atomic E-state index is 13.0. The largest absolute Gasteiger partial charge is 0.322 e. The number of thiophene rings is 1. The third kappa shape index (κ3) is 3.07. The van der Waals surface area contributed by atoms with Crippen LogP contribution in [0.2, 0.25) is 0 Å². The number of aromatic nitrogens is 1. The lowest BCUT2D eigenvalue weighted by Crippen LogP contribution is -2.13. The van der Waals surface area contributed by atoms with Gasteiger partial charge in [0.15, 0.2) is 0 Å². The molecule has 3 nitrogen and oxygen atoms in total. The number of carbonyl (C=O) groups excluding carboxylic acids is 1. The minimum Gasteiger partial charge on any atom is -0.322 e. The van der Waals surface area contributed by atoms with Crippen LogP contribution in [0.25, 0.3) is 16.8 Å². The molecule has 0 atom stereocenters. The Morgan fingerprint density at radius 1 is 0.923 bits per heavy atom. The molecule has 1 N–H and O–H groups in total. The van der Waals surface area contributed by atoms with Gasteiger partial charge in [0.1, 0.15) is 4.88 Å². The summed E-state index contributed by atoms with van der Waals surface area (Å²) in [7, 11) is 0. The summed E-state index contributed by atoms with van der Waals surface area (Å²) in [6, 6.07) is 21.9.